The van der Waals surface area contributed by atoms with Crippen LogP contribution in [0.1, 0.15) is 11.1 Å². The van der Waals surface area contributed by atoms with Gasteiger partial charge in [-0.2, -0.15) is 0 Å². The molecule has 0 unspecified atom stereocenters. The lowest BCUT2D eigenvalue weighted by Gasteiger charge is -1.92. The SMILES string of the molecule is C(=Cc1ccccc1)c1ccccc1.C1=C[SiH2]C=C1. The lowest BCUT2D eigenvalue weighted by Crippen LogP contribution is -1.70. The molecule has 0 nitrogen and oxygen atoms in total. The third-order valence-electron chi connectivity index (χ3n) is 2.72. The van der Waals surface area contributed by atoms with Gasteiger partial charge in [0.05, 0.1) is 9.52 Å². The van der Waals surface area contributed by atoms with Crippen LogP contribution < -0.4 is 0 Å². The molecule has 0 spiro atoms. The molecule has 0 fully saturated rings. The van der Waals surface area contributed by atoms with E-state index in [1.54, 1.807) is 0 Å². The Hall–Kier alpha value is -2.12. The molecule has 0 bridgehead atoms. The van der Waals surface area contributed by atoms with Crippen LogP contribution in [-0.2, 0) is 0 Å². The van der Waals surface area contributed by atoms with Crippen molar-refractivity contribution in [3.05, 3.63) is 95.3 Å². The monoisotopic (exact) mass is 262 g/mol. The van der Waals surface area contributed by atoms with E-state index in [0.29, 0.717) is 0 Å². The van der Waals surface area contributed by atoms with E-state index in [0.717, 1.165) is 0 Å². The van der Waals surface area contributed by atoms with Crippen molar-refractivity contribution in [2.45, 2.75) is 0 Å². The van der Waals surface area contributed by atoms with E-state index >= 15 is 0 Å². The molecule has 0 N–H and O–H groups in total. The maximum Gasteiger partial charge on any atom is 0.0691 e. The first-order valence-electron chi connectivity index (χ1n) is 6.55. The van der Waals surface area contributed by atoms with E-state index in [1.807, 2.05) is 36.4 Å². The molecule has 3 rings (SSSR count). The molecule has 1 heteroatoms. The van der Waals surface area contributed by atoms with Crippen LogP contribution in [0.15, 0.2) is 84.2 Å². The van der Waals surface area contributed by atoms with Gasteiger partial charge in [-0.1, -0.05) is 96.4 Å². The molecule has 0 atom stereocenters. The number of benzene rings is 2. The summed E-state index contributed by atoms with van der Waals surface area (Å²) in [6.45, 7) is 0. The van der Waals surface area contributed by atoms with E-state index in [1.165, 1.54) is 11.1 Å². The number of allylic oxidation sites excluding steroid dienone is 2. The molecule has 0 aromatic heterocycles. The quantitative estimate of drug-likeness (QED) is 0.566. The molecule has 1 aliphatic heterocycles. The maximum atomic E-state index is 2.26. The number of hydrogen-bond donors (Lipinski definition) is 0. The van der Waals surface area contributed by atoms with Crippen LogP contribution in [0.25, 0.3) is 12.2 Å². The molecule has 1 aliphatic rings. The number of rotatable bonds is 2. The Morgan fingerprint density at radius 2 is 1.00 bits per heavy atom. The van der Waals surface area contributed by atoms with Crippen LogP contribution in [0.4, 0.5) is 0 Å². The van der Waals surface area contributed by atoms with Crippen molar-refractivity contribution in [2.75, 3.05) is 0 Å². The molecule has 2 aromatic rings. The minimum absolute atomic E-state index is 0.182. The van der Waals surface area contributed by atoms with E-state index in [9.17, 15) is 0 Å². The first-order valence-corrected chi connectivity index (χ1v) is 8.18. The Morgan fingerprint density at radius 3 is 1.32 bits per heavy atom. The van der Waals surface area contributed by atoms with E-state index in [2.05, 4.69) is 60.0 Å². The van der Waals surface area contributed by atoms with Gasteiger partial charge in [-0.25, -0.2) is 0 Å². The van der Waals surface area contributed by atoms with Gasteiger partial charge in [-0.05, 0) is 11.1 Å². The van der Waals surface area contributed by atoms with Crippen LogP contribution in [0.3, 0.4) is 0 Å². The van der Waals surface area contributed by atoms with Crippen LogP contribution in [-0.4, -0.2) is 9.52 Å². The van der Waals surface area contributed by atoms with Crippen molar-refractivity contribution >= 4 is 21.7 Å². The van der Waals surface area contributed by atoms with Gasteiger partial charge in [-0.15, -0.1) is 0 Å². The Bertz CT molecular complexity index is 499. The predicted octanol–water partition coefficient (Wildman–Crippen LogP) is 4.05. The highest BCUT2D eigenvalue weighted by atomic mass is 28.2. The number of hydrogen-bond acceptors (Lipinski definition) is 0. The van der Waals surface area contributed by atoms with E-state index < -0.39 is 0 Å². The smallest absolute Gasteiger partial charge is 0.0691 e. The molecule has 2 aromatic carbocycles. The fourth-order valence-corrected chi connectivity index (χ4v) is 2.50. The van der Waals surface area contributed by atoms with Crippen molar-refractivity contribution in [2.24, 2.45) is 0 Å². The molecule has 94 valence electrons. The van der Waals surface area contributed by atoms with Gasteiger partial charge < -0.3 is 0 Å². The van der Waals surface area contributed by atoms with Gasteiger partial charge in [0.25, 0.3) is 0 Å². The van der Waals surface area contributed by atoms with Gasteiger partial charge in [0, 0.05) is 0 Å². The van der Waals surface area contributed by atoms with Crippen LogP contribution in [0, 0.1) is 0 Å². The average molecular weight is 262 g/mol. The lowest BCUT2D eigenvalue weighted by atomic mass is 10.1. The average Bonchev–Trinajstić information content (AvgIpc) is 3.07. The second-order valence-corrected chi connectivity index (χ2v) is 5.66. The minimum Gasteiger partial charge on any atom is -0.0969 e. The van der Waals surface area contributed by atoms with Crippen LogP contribution in [0.5, 0.6) is 0 Å². The normalized spacial score (nSPS) is 12.4. The molecule has 0 aliphatic carbocycles. The van der Waals surface area contributed by atoms with Crippen molar-refractivity contribution < 1.29 is 0 Å². The molecular formula is C18H18Si. The van der Waals surface area contributed by atoms with E-state index in [4.69, 9.17) is 0 Å². The third kappa shape index (κ3) is 5.36. The van der Waals surface area contributed by atoms with Crippen molar-refractivity contribution in [3.63, 3.8) is 0 Å². The molecule has 0 amide bonds. The summed E-state index contributed by atoms with van der Waals surface area (Å²) in [5, 5.41) is 0. The topological polar surface area (TPSA) is 0 Å². The van der Waals surface area contributed by atoms with Gasteiger partial charge in [0.2, 0.25) is 0 Å². The molecule has 19 heavy (non-hydrogen) atoms. The van der Waals surface area contributed by atoms with Gasteiger partial charge >= 0.3 is 0 Å². The summed E-state index contributed by atoms with van der Waals surface area (Å²) in [6, 6.07) is 20.6. The van der Waals surface area contributed by atoms with Gasteiger partial charge in [-0.3, -0.25) is 0 Å². The summed E-state index contributed by atoms with van der Waals surface area (Å²) in [7, 11) is 0.182. The highest BCUT2D eigenvalue weighted by molar-refractivity contribution is 6.49. The first kappa shape index (κ1) is 13.3. The molecular weight excluding hydrogens is 244 g/mol. The molecule has 0 radical (unpaired) electrons. The molecule has 0 saturated heterocycles. The lowest BCUT2D eigenvalue weighted by molar-refractivity contribution is 1.65. The standard InChI is InChI=1S/C14H12.C4H6Si/c1-3-7-13(8-4-1)11-12-14-9-5-2-6-10-14;1-2-4-5-3-1/h1-12H;1-4H,5H2. The Labute approximate surface area is 117 Å². The summed E-state index contributed by atoms with van der Waals surface area (Å²) in [4.78, 5) is 0. The zero-order valence-corrected chi connectivity index (χ0v) is 12.4. The summed E-state index contributed by atoms with van der Waals surface area (Å²) in [5.41, 5.74) is 6.99. The maximum absolute atomic E-state index is 2.26. The zero-order chi connectivity index (χ0) is 13.2. The van der Waals surface area contributed by atoms with Crippen molar-refractivity contribution in [1.82, 2.24) is 0 Å². The Morgan fingerprint density at radius 1 is 0.579 bits per heavy atom. The second-order valence-electron chi connectivity index (χ2n) is 4.25. The highest BCUT2D eigenvalue weighted by Gasteiger charge is 1.84. The van der Waals surface area contributed by atoms with E-state index in [-0.39, 0.29) is 9.52 Å². The summed E-state index contributed by atoms with van der Waals surface area (Å²) >= 11 is 0. The third-order valence-corrected chi connectivity index (χ3v) is 3.81. The van der Waals surface area contributed by atoms with Crippen molar-refractivity contribution in [3.8, 4) is 0 Å². The fraction of sp³-hybridized carbons (Fsp3) is 0. The Kier molecular flexibility index (Phi) is 5.65. The summed E-state index contributed by atoms with van der Waals surface area (Å²) in [6.07, 6.45) is 8.48. The molecule has 0 saturated carbocycles. The molecule has 1 heterocycles. The minimum atomic E-state index is 0.182. The zero-order valence-electron chi connectivity index (χ0n) is 10.9. The largest absolute Gasteiger partial charge is 0.0969 e. The Balaban J connectivity index is 0.000000224. The van der Waals surface area contributed by atoms with Crippen LogP contribution in [0.2, 0.25) is 0 Å². The van der Waals surface area contributed by atoms with Gasteiger partial charge in [0.1, 0.15) is 0 Å². The summed E-state index contributed by atoms with van der Waals surface area (Å²) < 4.78 is 0. The fourth-order valence-electron chi connectivity index (χ4n) is 1.71. The second kappa shape index (κ2) is 8.06. The first-order chi connectivity index (χ1) is 9.45. The predicted molar refractivity (Wildman–Crippen MR) is 88.6 cm³/mol. The van der Waals surface area contributed by atoms with Gasteiger partial charge in [0.15, 0.2) is 0 Å². The highest BCUT2D eigenvalue weighted by Crippen LogP contribution is 2.06. The van der Waals surface area contributed by atoms with Crippen LogP contribution >= 0.6 is 0 Å². The summed E-state index contributed by atoms with van der Waals surface area (Å²) in [5.74, 6) is 0. The van der Waals surface area contributed by atoms with Crippen molar-refractivity contribution in [1.29, 1.82) is 0 Å².